The van der Waals surface area contributed by atoms with Gasteiger partial charge in [0.2, 0.25) is 0 Å². The van der Waals surface area contributed by atoms with E-state index in [1.807, 2.05) is 12.1 Å². The van der Waals surface area contributed by atoms with Gasteiger partial charge in [-0.1, -0.05) is 11.3 Å². The van der Waals surface area contributed by atoms with E-state index in [0.717, 1.165) is 20.4 Å². The lowest BCUT2D eigenvalue weighted by atomic mass is 10.2. The van der Waals surface area contributed by atoms with E-state index in [0.29, 0.717) is 21.5 Å². The molecular weight excluding hydrogens is 488 g/mol. The first-order chi connectivity index (χ1) is 14.9. The summed E-state index contributed by atoms with van der Waals surface area (Å²) in [5.74, 6) is -0.0390. The highest BCUT2D eigenvalue weighted by Gasteiger charge is 2.16. The first-order valence-electron chi connectivity index (χ1n) is 8.94. The highest BCUT2D eigenvalue weighted by molar-refractivity contribution is 9.10. The Morgan fingerprint density at radius 1 is 1.32 bits per heavy atom. The fourth-order valence-electron chi connectivity index (χ4n) is 2.70. The lowest BCUT2D eigenvalue weighted by molar-refractivity contribution is -0.169. The summed E-state index contributed by atoms with van der Waals surface area (Å²) in [4.78, 5) is 34.1. The standard InChI is InChI=1S/C18H17BrN8O3S/c1-26(30-2)15(28)9-27-6-5-14(25-27)22-18-20-8-13(31-18)17(29)23-16-10-7-21-24-12(10)4-3-11(16)19/h3-8H,9H2,1-2H3,(H,21,24)(H,23,29)(H,20,22,25). The third-order valence-electron chi connectivity index (χ3n) is 4.34. The Hall–Kier alpha value is -3.29. The SMILES string of the molecule is CON(C)C(=O)Cn1ccc(Nc2ncc(C(=O)Nc3c(Br)ccc4[nH]ncc34)s2)n1. The minimum absolute atomic E-state index is 0.0337. The fourth-order valence-corrected chi connectivity index (χ4v) is 3.86. The van der Waals surface area contributed by atoms with Crippen molar-refractivity contribution in [1.29, 1.82) is 0 Å². The van der Waals surface area contributed by atoms with Crippen molar-refractivity contribution in [3.8, 4) is 0 Å². The molecule has 11 nitrogen and oxygen atoms in total. The van der Waals surface area contributed by atoms with E-state index in [-0.39, 0.29) is 18.4 Å². The number of nitrogens with one attached hydrogen (secondary N) is 3. The van der Waals surface area contributed by atoms with Gasteiger partial charge in [-0.05, 0) is 28.1 Å². The van der Waals surface area contributed by atoms with Crippen LogP contribution in [0, 0.1) is 0 Å². The third kappa shape index (κ3) is 4.57. The smallest absolute Gasteiger partial charge is 0.267 e. The number of amides is 2. The van der Waals surface area contributed by atoms with Crippen LogP contribution in [0.3, 0.4) is 0 Å². The van der Waals surface area contributed by atoms with Gasteiger partial charge in [0.15, 0.2) is 10.9 Å². The van der Waals surface area contributed by atoms with Gasteiger partial charge in [0.25, 0.3) is 11.8 Å². The zero-order valence-electron chi connectivity index (χ0n) is 16.4. The summed E-state index contributed by atoms with van der Waals surface area (Å²) >= 11 is 4.64. The van der Waals surface area contributed by atoms with Gasteiger partial charge in [-0.15, -0.1) is 0 Å². The number of rotatable bonds is 7. The number of aromatic nitrogens is 5. The number of H-pyrrole nitrogens is 1. The maximum Gasteiger partial charge on any atom is 0.267 e. The van der Waals surface area contributed by atoms with Crippen molar-refractivity contribution in [3.63, 3.8) is 0 Å². The largest absolute Gasteiger partial charge is 0.320 e. The van der Waals surface area contributed by atoms with Gasteiger partial charge in [-0.25, -0.2) is 10.0 Å². The molecule has 0 bridgehead atoms. The summed E-state index contributed by atoms with van der Waals surface area (Å²) in [6.07, 6.45) is 4.80. The summed E-state index contributed by atoms with van der Waals surface area (Å²) in [5.41, 5.74) is 1.44. The topological polar surface area (TPSA) is 130 Å². The average molecular weight is 505 g/mol. The molecule has 3 aromatic heterocycles. The third-order valence-corrected chi connectivity index (χ3v) is 5.91. The van der Waals surface area contributed by atoms with E-state index in [1.165, 1.54) is 36.4 Å². The van der Waals surface area contributed by atoms with E-state index in [9.17, 15) is 9.59 Å². The molecule has 4 rings (SSSR count). The van der Waals surface area contributed by atoms with Gasteiger partial charge < -0.3 is 10.6 Å². The Kier molecular flexibility index (Phi) is 5.97. The lowest BCUT2D eigenvalue weighted by Crippen LogP contribution is -2.29. The molecule has 0 saturated carbocycles. The van der Waals surface area contributed by atoms with Crippen molar-refractivity contribution in [1.82, 2.24) is 30.0 Å². The molecule has 0 radical (unpaired) electrons. The number of nitrogens with zero attached hydrogens (tertiary/aromatic N) is 5. The van der Waals surface area contributed by atoms with Crippen molar-refractivity contribution in [2.24, 2.45) is 0 Å². The molecule has 1 aromatic carbocycles. The number of likely N-dealkylation sites (N-methyl/N-ethyl adjacent to an activating group) is 1. The molecular formula is C18H17BrN8O3S. The van der Waals surface area contributed by atoms with Crippen LogP contribution in [0.5, 0.6) is 0 Å². The number of fused-ring (bicyclic) bond motifs is 1. The number of benzene rings is 1. The van der Waals surface area contributed by atoms with Crippen molar-refractivity contribution >= 4 is 66.6 Å². The van der Waals surface area contributed by atoms with E-state index in [2.05, 4.69) is 46.8 Å². The first-order valence-corrected chi connectivity index (χ1v) is 10.6. The van der Waals surface area contributed by atoms with Crippen molar-refractivity contribution in [2.75, 3.05) is 24.8 Å². The summed E-state index contributed by atoms with van der Waals surface area (Å²) in [6.45, 7) is 0.0337. The molecule has 0 fully saturated rings. The maximum absolute atomic E-state index is 12.7. The Balaban J connectivity index is 1.43. The number of thiazole rings is 1. The van der Waals surface area contributed by atoms with Gasteiger partial charge in [0, 0.05) is 29.2 Å². The molecule has 0 aliphatic rings. The van der Waals surface area contributed by atoms with Crippen LogP contribution in [0.1, 0.15) is 9.67 Å². The summed E-state index contributed by atoms with van der Waals surface area (Å²) in [6, 6.07) is 5.41. The monoisotopic (exact) mass is 504 g/mol. The Bertz CT molecular complexity index is 1250. The minimum atomic E-state index is -0.293. The summed E-state index contributed by atoms with van der Waals surface area (Å²) in [5, 5.41) is 19.5. The highest BCUT2D eigenvalue weighted by atomic mass is 79.9. The fraction of sp³-hybridized carbons (Fsp3) is 0.167. The van der Waals surface area contributed by atoms with Crippen LogP contribution in [-0.2, 0) is 16.2 Å². The molecule has 3 heterocycles. The Morgan fingerprint density at radius 2 is 2.16 bits per heavy atom. The van der Waals surface area contributed by atoms with Crippen LogP contribution >= 0.6 is 27.3 Å². The number of hydrogen-bond acceptors (Lipinski definition) is 8. The van der Waals surface area contributed by atoms with Gasteiger partial charge in [0.1, 0.15) is 11.4 Å². The van der Waals surface area contributed by atoms with Crippen LogP contribution in [0.2, 0.25) is 0 Å². The predicted molar refractivity (Wildman–Crippen MR) is 119 cm³/mol. The molecule has 0 aliphatic carbocycles. The normalized spacial score (nSPS) is 10.9. The van der Waals surface area contributed by atoms with E-state index in [1.54, 1.807) is 18.5 Å². The second kappa shape index (κ2) is 8.83. The molecule has 0 aliphatic heterocycles. The van der Waals surface area contributed by atoms with Gasteiger partial charge >= 0.3 is 0 Å². The Morgan fingerprint density at radius 3 is 2.97 bits per heavy atom. The average Bonchev–Trinajstić information content (AvgIpc) is 3.51. The van der Waals surface area contributed by atoms with Crippen LogP contribution in [0.4, 0.5) is 16.6 Å². The lowest BCUT2D eigenvalue weighted by Gasteiger charge is -2.13. The van der Waals surface area contributed by atoms with E-state index >= 15 is 0 Å². The van der Waals surface area contributed by atoms with Gasteiger partial charge in [-0.3, -0.25) is 24.2 Å². The van der Waals surface area contributed by atoms with Crippen LogP contribution in [0.15, 0.2) is 41.3 Å². The Labute approximate surface area is 188 Å². The molecule has 0 saturated heterocycles. The van der Waals surface area contributed by atoms with Gasteiger partial charge in [0.05, 0.1) is 30.7 Å². The highest BCUT2D eigenvalue weighted by Crippen LogP contribution is 2.31. The number of hydrogen-bond donors (Lipinski definition) is 3. The van der Waals surface area contributed by atoms with Crippen molar-refractivity contribution in [3.05, 3.63) is 46.1 Å². The second-order valence-corrected chi connectivity index (χ2v) is 8.22. The van der Waals surface area contributed by atoms with Crippen molar-refractivity contribution < 1.29 is 14.4 Å². The molecule has 13 heteroatoms. The molecule has 0 spiro atoms. The second-order valence-electron chi connectivity index (χ2n) is 6.33. The zero-order chi connectivity index (χ0) is 22.0. The molecule has 2 amide bonds. The molecule has 4 aromatic rings. The molecule has 160 valence electrons. The summed E-state index contributed by atoms with van der Waals surface area (Å²) in [7, 11) is 2.94. The number of hydroxylamine groups is 2. The van der Waals surface area contributed by atoms with Gasteiger partial charge in [-0.2, -0.15) is 10.2 Å². The predicted octanol–water partition coefficient (Wildman–Crippen LogP) is 2.99. The van der Waals surface area contributed by atoms with E-state index < -0.39 is 0 Å². The van der Waals surface area contributed by atoms with Crippen LogP contribution < -0.4 is 10.6 Å². The summed E-state index contributed by atoms with van der Waals surface area (Å²) < 4.78 is 2.22. The van der Waals surface area contributed by atoms with Crippen molar-refractivity contribution in [2.45, 2.75) is 6.54 Å². The quantitative estimate of drug-likeness (QED) is 0.329. The number of aromatic amines is 1. The number of anilines is 3. The first kappa shape index (κ1) is 21.0. The zero-order valence-corrected chi connectivity index (χ0v) is 18.8. The van der Waals surface area contributed by atoms with E-state index in [4.69, 9.17) is 4.84 Å². The maximum atomic E-state index is 12.7. The minimum Gasteiger partial charge on any atom is -0.320 e. The molecule has 31 heavy (non-hydrogen) atoms. The number of halogens is 1. The molecule has 0 atom stereocenters. The molecule has 0 unspecified atom stereocenters. The molecule has 3 N–H and O–H groups in total. The van der Waals surface area contributed by atoms with Crippen LogP contribution in [0.25, 0.3) is 10.9 Å². The number of carbonyl (C=O) groups excluding carboxylic acids is 2. The number of carbonyl (C=O) groups is 2. The van der Waals surface area contributed by atoms with Crippen LogP contribution in [-0.4, -0.2) is 56.0 Å².